The van der Waals surface area contributed by atoms with Crippen LogP contribution in [0.4, 0.5) is 0 Å². The highest BCUT2D eigenvalue weighted by molar-refractivity contribution is 7.87. The van der Waals surface area contributed by atoms with Crippen LogP contribution in [0.25, 0.3) is 0 Å². The number of hydrogen-bond acceptors (Lipinski definition) is 6. The van der Waals surface area contributed by atoms with E-state index in [9.17, 15) is 13.5 Å². The van der Waals surface area contributed by atoms with Crippen molar-refractivity contribution in [1.82, 2.24) is 4.90 Å². The van der Waals surface area contributed by atoms with Crippen LogP contribution in [-0.2, 0) is 10.1 Å². The molecular formula is C20H25N3O5S. The third-order valence-electron chi connectivity index (χ3n) is 4.78. The van der Waals surface area contributed by atoms with Crippen molar-refractivity contribution in [2.75, 3.05) is 19.7 Å². The van der Waals surface area contributed by atoms with Gasteiger partial charge in [0.2, 0.25) is 0 Å². The monoisotopic (exact) mass is 419 g/mol. The third kappa shape index (κ3) is 5.54. The predicted octanol–water partition coefficient (Wildman–Crippen LogP) is 2.45. The molecule has 0 unspecified atom stereocenters. The number of benzene rings is 2. The topological polar surface area (TPSA) is 126 Å². The summed E-state index contributed by atoms with van der Waals surface area (Å²) in [4.78, 5) is 1.71. The number of nitrogens with zero attached hydrogens (tertiary/aromatic N) is 1. The fourth-order valence-electron chi connectivity index (χ4n) is 3.21. The van der Waals surface area contributed by atoms with Gasteiger partial charge in [0.15, 0.2) is 5.96 Å². The maximum atomic E-state index is 12.5. The van der Waals surface area contributed by atoms with Crippen LogP contribution in [0.5, 0.6) is 17.2 Å². The molecule has 1 heterocycles. The molecule has 0 spiro atoms. The smallest absolute Gasteiger partial charge is 0.339 e. The van der Waals surface area contributed by atoms with Crippen molar-refractivity contribution in [2.24, 2.45) is 11.7 Å². The largest absolute Gasteiger partial charge is 0.508 e. The van der Waals surface area contributed by atoms with Crippen LogP contribution in [0, 0.1) is 18.3 Å². The zero-order valence-corrected chi connectivity index (χ0v) is 17.0. The summed E-state index contributed by atoms with van der Waals surface area (Å²) in [6, 6.07) is 10.3. The first-order valence-electron chi connectivity index (χ1n) is 9.30. The van der Waals surface area contributed by atoms with Gasteiger partial charge in [0.05, 0.1) is 6.61 Å². The Hall–Kier alpha value is -2.94. The number of nitrogens with one attached hydrogen (secondary N) is 1. The van der Waals surface area contributed by atoms with Crippen molar-refractivity contribution in [3.63, 3.8) is 0 Å². The van der Waals surface area contributed by atoms with E-state index in [1.807, 2.05) is 17.9 Å². The summed E-state index contributed by atoms with van der Waals surface area (Å²) in [5, 5.41) is 17.0. The minimum Gasteiger partial charge on any atom is -0.508 e. The van der Waals surface area contributed by atoms with Crippen LogP contribution in [-0.4, -0.2) is 44.1 Å². The van der Waals surface area contributed by atoms with Crippen LogP contribution in [0.2, 0.25) is 0 Å². The molecule has 1 aliphatic heterocycles. The number of ether oxygens (including phenoxy) is 1. The molecule has 0 amide bonds. The normalized spacial score (nSPS) is 15.1. The molecule has 1 fully saturated rings. The molecule has 0 aromatic heterocycles. The number of likely N-dealkylation sites (tertiary alicyclic amines) is 1. The molecule has 8 nitrogen and oxygen atoms in total. The van der Waals surface area contributed by atoms with Gasteiger partial charge < -0.3 is 24.7 Å². The van der Waals surface area contributed by atoms with Crippen molar-refractivity contribution < 1.29 is 22.4 Å². The average molecular weight is 420 g/mol. The zero-order valence-electron chi connectivity index (χ0n) is 16.2. The van der Waals surface area contributed by atoms with Crippen LogP contribution in [0.1, 0.15) is 18.4 Å². The van der Waals surface area contributed by atoms with Crippen molar-refractivity contribution >= 4 is 16.1 Å². The van der Waals surface area contributed by atoms with Crippen LogP contribution in [0.15, 0.2) is 47.4 Å². The van der Waals surface area contributed by atoms with E-state index < -0.39 is 10.1 Å². The molecule has 0 radical (unpaired) electrons. The Morgan fingerprint density at radius 3 is 2.55 bits per heavy atom. The second kappa shape index (κ2) is 8.60. The molecule has 0 saturated carbocycles. The highest BCUT2D eigenvalue weighted by Crippen LogP contribution is 2.27. The number of hydrogen-bond donors (Lipinski definition) is 3. The molecule has 29 heavy (non-hydrogen) atoms. The standard InChI is InChI=1S/C20H25N3O5S/c1-14-9-17(27-13-15-5-7-23(8-6-15)20(21)22)12-18(10-14)28-29(25,26)19-4-2-3-16(24)11-19/h2-4,9-12,15,24H,5-8,13H2,1H3,(H3,21,22). The van der Waals surface area contributed by atoms with Gasteiger partial charge in [0.25, 0.3) is 0 Å². The van der Waals surface area contributed by atoms with Gasteiger partial charge in [-0.15, -0.1) is 0 Å². The van der Waals surface area contributed by atoms with E-state index in [-0.39, 0.29) is 22.4 Å². The second-order valence-corrected chi connectivity index (χ2v) is 8.69. The molecule has 2 aromatic rings. The molecule has 156 valence electrons. The number of aromatic hydroxyl groups is 1. The van der Waals surface area contributed by atoms with Crippen LogP contribution < -0.4 is 14.7 Å². The molecule has 2 aromatic carbocycles. The summed E-state index contributed by atoms with van der Waals surface area (Å²) in [5.41, 5.74) is 6.31. The molecule has 0 aliphatic carbocycles. The van der Waals surface area contributed by atoms with Crippen LogP contribution in [0.3, 0.4) is 0 Å². The van der Waals surface area contributed by atoms with Crippen LogP contribution >= 0.6 is 0 Å². The first-order valence-corrected chi connectivity index (χ1v) is 10.7. The number of guanidine groups is 1. The van der Waals surface area contributed by atoms with Crippen molar-refractivity contribution in [2.45, 2.75) is 24.7 Å². The Morgan fingerprint density at radius 1 is 1.21 bits per heavy atom. The third-order valence-corrected chi connectivity index (χ3v) is 6.02. The SMILES string of the molecule is Cc1cc(OCC2CCN(C(=N)N)CC2)cc(OS(=O)(=O)c2cccc(O)c2)c1. The maximum Gasteiger partial charge on any atom is 0.339 e. The quantitative estimate of drug-likeness (QED) is 0.373. The lowest BCUT2D eigenvalue weighted by Crippen LogP contribution is -2.43. The minimum atomic E-state index is -4.07. The van der Waals surface area contributed by atoms with E-state index in [1.54, 1.807) is 6.07 Å². The lowest BCUT2D eigenvalue weighted by molar-refractivity contribution is 0.180. The van der Waals surface area contributed by atoms with E-state index >= 15 is 0 Å². The van der Waals surface area contributed by atoms with E-state index in [1.165, 1.54) is 24.3 Å². The van der Waals surface area contributed by atoms with E-state index in [2.05, 4.69) is 0 Å². The number of phenols is 1. The molecule has 9 heteroatoms. The summed E-state index contributed by atoms with van der Waals surface area (Å²) in [5.74, 6) is 0.956. The highest BCUT2D eigenvalue weighted by atomic mass is 32.2. The Bertz CT molecular complexity index is 985. The van der Waals surface area contributed by atoms with Gasteiger partial charge in [0.1, 0.15) is 22.1 Å². The second-order valence-electron chi connectivity index (χ2n) is 7.14. The van der Waals surface area contributed by atoms with Gasteiger partial charge in [0, 0.05) is 25.2 Å². The highest BCUT2D eigenvalue weighted by Gasteiger charge is 2.21. The Kier molecular flexibility index (Phi) is 6.17. The lowest BCUT2D eigenvalue weighted by atomic mass is 9.98. The minimum absolute atomic E-state index is 0.0952. The summed E-state index contributed by atoms with van der Waals surface area (Å²) >= 11 is 0. The summed E-state index contributed by atoms with van der Waals surface area (Å²) < 4.78 is 36.0. The number of nitrogens with two attached hydrogens (primary N) is 1. The van der Waals surface area contributed by atoms with Gasteiger partial charge in [-0.05, 0) is 55.5 Å². The molecular weight excluding hydrogens is 394 g/mol. The molecule has 1 saturated heterocycles. The fourth-order valence-corrected chi connectivity index (χ4v) is 4.17. The Labute approximate surface area is 170 Å². The van der Waals surface area contributed by atoms with Crippen molar-refractivity contribution in [1.29, 1.82) is 5.41 Å². The first-order chi connectivity index (χ1) is 13.7. The number of rotatable bonds is 6. The molecule has 4 N–H and O–H groups in total. The van der Waals surface area contributed by atoms with Gasteiger partial charge >= 0.3 is 10.1 Å². The number of aryl methyl sites for hydroxylation is 1. The van der Waals surface area contributed by atoms with Crippen molar-refractivity contribution in [3.05, 3.63) is 48.0 Å². The molecule has 3 rings (SSSR count). The summed E-state index contributed by atoms with van der Waals surface area (Å²) in [6.45, 7) is 3.78. The number of phenolic OH excluding ortho intramolecular Hbond substituents is 1. The lowest BCUT2D eigenvalue weighted by Gasteiger charge is -2.32. The molecule has 0 bridgehead atoms. The molecule has 0 atom stereocenters. The predicted molar refractivity (Wildman–Crippen MR) is 109 cm³/mol. The number of piperidine rings is 1. The van der Waals surface area contributed by atoms with Crippen molar-refractivity contribution in [3.8, 4) is 17.2 Å². The zero-order chi connectivity index (χ0) is 21.0. The van der Waals surface area contributed by atoms with Gasteiger partial charge in [-0.3, -0.25) is 5.41 Å². The summed E-state index contributed by atoms with van der Waals surface area (Å²) in [7, 11) is -4.07. The van der Waals surface area contributed by atoms with E-state index in [4.69, 9.17) is 20.1 Å². The maximum absolute atomic E-state index is 12.5. The Morgan fingerprint density at radius 2 is 1.90 bits per heavy atom. The molecule has 1 aliphatic rings. The van der Waals surface area contributed by atoms with E-state index in [0.29, 0.717) is 18.3 Å². The van der Waals surface area contributed by atoms with E-state index in [0.717, 1.165) is 37.6 Å². The Balaban J connectivity index is 1.65. The van der Waals surface area contributed by atoms with Gasteiger partial charge in [-0.25, -0.2) is 0 Å². The summed E-state index contributed by atoms with van der Waals surface area (Å²) in [6.07, 6.45) is 1.75. The van der Waals surface area contributed by atoms with Gasteiger partial charge in [-0.2, -0.15) is 8.42 Å². The fraction of sp³-hybridized carbons (Fsp3) is 0.350. The average Bonchev–Trinajstić information content (AvgIpc) is 2.66. The van der Waals surface area contributed by atoms with Gasteiger partial charge in [-0.1, -0.05) is 6.07 Å². The first kappa shape index (κ1) is 20.8.